The second kappa shape index (κ2) is 7.80. The molecule has 152 valence electrons. The Bertz CT molecular complexity index is 1150. The van der Waals surface area contributed by atoms with Crippen LogP contribution in [-0.4, -0.2) is 41.3 Å². The van der Waals surface area contributed by atoms with Crippen LogP contribution in [0.2, 0.25) is 0 Å². The van der Waals surface area contributed by atoms with Crippen LogP contribution >= 0.6 is 0 Å². The van der Waals surface area contributed by atoms with Crippen molar-refractivity contribution in [3.63, 3.8) is 0 Å². The minimum absolute atomic E-state index is 0.204. The molecule has 0 amide bonds. The number of phenolic OH excluding ortho intramolecular Hbond substituents is 1. The third kappa shape index (κ3) is 3.50. The fourth-order valence-electron chi connectivity index (χ4n) is 4.04. The van der Waals surface area contributed by atoms with Crippen molar-refractivity contribution < 1.29 is 14.0 Å². The summed E-state index contributed by atoms with van der Waals surface area (Å²) in [6, 6.07) is 20.1. The molecule has 0 unspecified atom stereocenters. The van der Waals surface area contributed by atoms with Gasteiger partial charge >= 0.3 is 0 Å². The van der Waals surface area contributed by atoms with E-state index in [-0.39, 0.29) is 11.6 Å². The van der Waals surface area contributed by atoms with Gasteiger partial charge < -0.3 is 14.5 Å². The highest BCUT2D eigenvalue weighted by atomic mass is 19.1. The Hall–Kier alpha value is -3.38. The van der Waals surface area contributed by atoms with Crippen LogP contribution < -0.4 is 4.90 Å². The monoisotopic (exact) mass is 403 g/mol. The van der Waals surface area contributed by atoms with Crippen molar-refractivity contribution in [2.75, 3.05) is 31.1 Å². The van der Waals surface area contributed by atoms with Crippen LogP contribution in [0.3, 0.4) is 0 Å². The summed E-state index contributed by atoms with van der Waals surface area (Å²) in [7, 11) is 0. The number of hydrogen-bond acceptors (Lipinski definition) is 5. The summed E-state index contributed by atoms with van der Waals surface area (Å²) >= 11 is 0. The largest absolute Gasteiger partial charge is 0.507 e. The molecule has 5 rings (SSSR count). The molecule has 4 aromatic rings. The van der Waals surface area contributed by atoms with Gasteiger partial charge in [-0.2, -0.15) is 0 Å². The number of anilines is 1. The normalized spacial score (nSPS) is 15.0. The summed E-state index contributed by atoms with van der Waals surface area (Å²) in [6.45, 7) is 4.23. The Morgan fingerprint density at radius 1 is 0.900 bits per heavy atom. The maximum absolute atomic E-state index is 13.3. The van der Waals surface area contributed by atoms with Gasteiger partial charge in [-0.25, -0.2) is 4.39 Å². The SMILES string of the molecule is Oc1ccc2c(-c3ccc(F)cc3)noc2c1CN1CCN(c2ccccc2)CC1. The minimum atomic E-state index is -0.292. The fraction of sp³-hybridized carbons (Fsp3) is 0.208. The van der Waals surface area contributed by atoms with E-state index in [1.165, 1.54) is 17.8 Å². The number of aromatic nitrogens is 1. The lowest BCUT2D eigenvalue weighted by molar-refractivity contribution is 0.246. The van der Waals surface area contributed by atoms with E-state index in [0.29, 0.717) is 17.8 Å². The van der Waals surface area contributed by atoms with Crippen molar-refractivity contribution in [2.45, 2.75) is 6.54 Å². The van der Waals surface area contributed by atoms with E-state index >= 15 is 0 Å². The van der Waals surface area contributed by atoms with Gasteiger partial charge in [-0.05, 0) is 48.5 Å². The van der Waals surface area contributed by atoms with Gasteiger partial charge in [0.15, 0.2) is 5.58 Å². The number of benzene rings is 3. The molecule has 1 N–H and O–H groups in total. The lowest BCUT2D eigenvalue weighted by Crippen LogP contribution is -2.45. The van der Waals surface area contributed by atoms with E-state index in [4.69, 9.17) is 4.52 Å². The molecule has 1 fully saturated rings. The molecule has 5 nitrogen and oxygen atoms in total. The van der Waals surface area contributed by atoms with Crippen LogP contribution in [0.4, 0.5) is 10.1 Å². The van der Waals surface area contributed by atoms with Gasteiger partial charge in [-0.3, -0.25) is 4.90 Å². The third-order valence-electron chi connectivity index (χ3n) is 5.71. The first-order valence-corrected chi connectivity index (χ1v) is 10.1. The summed E-state index contributed by atoms with van der Waals surface area (Å²) in [6.07, 6.45) is 0. The predicted molar refractivity (Wildman–Crippen MR) is 115 cm³/mol. The Morgan fingerprint density at radius 3 is 2.37 bits per heavy atom. The molecule has 0 radical (unpaired) electrons. The van der Waals surface area contributed by atoms with E-state index in [2.05, 4.69) is 39.2 Å². The van der Waals surface area contributed by atoms with Crippen molar-refractivity contribution in [2.24, 2.45) is 0 Å². The molecule has 0 saturated carbocycles. The van der Waals surface area contributed by atoms with Gasteiger partial charge in [0.25, 0.3) is 0 Å². The zero-order chi connectivity index (χ0) is 20.5. The van der Waals surface area contributed by atoms with E-state index < -0.39 is 0 Å². The summed E-state index contributed by atoms with van der Waals surface area (Å²) in [4.78, 5) is 4.69. The standard InChI is InChI=1S/C24H22FN3O2/c25-18-8-6-17(7-9-18)23-20-10-11-22(29)21(24(20)30-26-23)16-27-12-14-28(15-13-27)19-4-2-1-3-5-19/h1-11,29H,12-16H2. The van der Waals surface area contributed by atoms with Crippen LogP contribution in [0.1, 0.15) is 5.56 Å². The molecule has 1 aromatic heterocycles. The number of halogens is 1. The highest BCUT2D eigenvalue weighted by Crippen LogP contribution is 2.35. The Kier molecular flexibility index (Phi) is 4.85. The summed E-state index contributed by atoms with van der Waals surface area (Å²) in [5, 5.41) is 15.5. The van der Waals surface area contributed by atoms with Crippen LogP contribution in [0, 0.1) is 5.82 Å². The molecular weight excluding hydrogens is 381 g/mol. The lowest BCUT2D eigenvalue weighted by Gasteiger charge is -2.36. The van der Waals surface area contributed by atoms with Gasteiger partial charge in [-0.15, -0.1) is 0 Å². The van der Waals surface area contributed by atoms with Crippen molar-refractivity contribution >= 4 is 16.7 Å². The Morgan fingerprint density at radius 2 is 1.63 bits per heavy atom. The first-order valence-electron chi connectivity index (χ1n) is 10.1. The number of rotatable bonds is 4. The molecule has 3 aromatic carbocycles. The quantitative estimate of drug-likeness (QED) is 0.537. The van der Waals surface area contributed by atoms with Crippen molar-refractivity contribution in [3.8, 4) is 17.0 Å². The molecule has 1 saturated heterocycles. The zero-order valence-electron chi connectivity index (χ0n) is 16.5. The Balaban J connectivity index is 1.37. The molecule has 0 aliphatic carbocycles. The number of nitrogens with zero attached hydrogens (tertiary/aromatic N) is 3. The summed E-state index contributed by atoms with van der Waals surface area (Å²) in [5.74, 6) is -0.0886. The molecule has 0 atom stereocenters. The Labute approximate surface area is 173 Å². The van der Waals surface area contributed by atoms with Crippen LogP contribution in [0.5, 0.6) is 5.75 Å². The number of hydrogen-bond donors (Lipinski definition) is 1. The summed E-state index contributed by atoms with van der Waals surface area (Å²) < 4.78 is 18.9. The fourth-order valence-corrected chi connectivity index (χ4v) is 4.04. The number of fused-ring (bicyclic) bond motifs is 1. The highest BCUT2D eigenvalue weighted by molar-refractivity contribution is 5.94. The first-order chi connectivity index (χ1) is 14.7. The molecule has 1 aliphatic rings. The van der Waals surface area contributed by atoms with Gasteiger partial charge in [0.2, 0.25) is 0 Å². The van der Waals surface area contributed by atoms with Gasteiger partial charge in [0.1, 0.15) is 17.3 Å². The second-order valence-corrected chi connectivity index (χ2v) is 7.58. The molecule has 0 spiro atoms. The van der Waals surface area contributed by atoms with Crippen LogP contribution in [0.15, 0.2) is 71.3 Å². The van der Waals surface area contributed by atoms with Crippen molar-refractivity contribution in [3.05, 3.63) is 78.1 Å². The van der Waals surface area contributed by atoms with E-state index in [0.717, 1.165) is 42.7 Å². The van der Waals surface area contributed by atoms with E-state index in [1.807, 2.05) is 6.07 Å². The second-order valence-electron chi connectivity index (χ2n) is 7.58. The molecular formula is C24H22FN3O2. The first kappa shape index (κ1) is 18.6. The van der Waals surface area contributed by atoms with Crippen molar-refractivity contribution in [1.82, 2.24) is 10.1 Å². The van der Waals surface area contributed by atoms with E-state index in [1.54, 1.807) is 24.3 Å². The minimum Gasteiger partial charge on any atom is -0.507 e. The smallest absolute Gasteiger partial charge is 0.175 e. The van der Waals surface area contributed by atoms with Crippen LogP contribution in [0.25, 0.3) is 22.2 Å². The summed E-state index contributed by atoms with van der Waals surface area (Å²) in [5.41, 5.74) is 3.99. The van der Waals surface area contributed by atoms with Crippen molar-refractivity contribution in [1.29, 1.82) is 0 Å². The third-order valence-corrected chi connectivity index (χ3v) is 5.71. The maximum Gasteiger partial charge on any atom is 0.175 e. The molecule has 6 heteroatoms. The van der Waals surface area contributed by atoms with E-state index in [9.17, 15) is 9.50 Å². The van der Waals surface area contributed by atoms with Gasteiger partial charge in [0.05, 0.1) is 10.9 Å². The number of phenols is 1. The van der Waals surface area contributed by atoms with Gasteiger partial charge in [-0.1, -0.05) is 23.4 Å². The van der Waals surface area contributed by atoms with Crippen LogP contribution in [-0.2, 0) is 6.54 Å². The molecule has 1 aliphatic heterocycles. The zero-order valence-corrected chi connectivity index (χ0v) is 16.5. The molecule has 2 heterocycles. The molecule has 30 heavy (non-hydrogen) atoms. The average Bonchev–Trinajstić information content (AvgIpc) is 3.22. The number of piperazine rings is 1. The average molecular weight is 403 g/mol. The maximum atomic E-state index is 13.3. The lowest BCUT2D eigenvalue weighted by atomic mass is 10.0. The topological polar surface area (TPSA) is 52.7 Å². The number of aromatic hydroxyl groups is 1. The van der Waals surface area contributed by atoms with Gasteiger partial charge in [0, 0.05) is 44.0 Å². The predicted octanol–water partition coefficient (Wildman–Crippen LogP) is 4.66. The molecule has 0 bridgehead atoms. The number of para-hydroxylation sites is 1. The highest BCUT2D eigenvalue weighted by Gasteiger charge is 2.22.